The third-order valence-corrected chi connectivity index (χ3v) is 5.96. The Morgan fingerprint density at radius 1 is 1.17 bits per heavy atom. The van der Waals surface area contributed by atoms with Gasteiger partial charge in [-0.3, -0.25) is 0 Å². The van der Waals surface area contributed by atoms with Crippen LogP contribution in [0, 0.1) is 17.2 Å². The zero-order valence-electron chi connectivity index (χ0n) is 16.7. The van der Waals surface area contributed by atoms with Gasteiger partial charge in [0.15, 0.2) is 0 Å². The van der Waals surface area contributed by atoms with Gasteiger partial charge in [0, 0.05) is 16.6 Å². The molecule has 1 saturated heterocycles. The summed E-state index contributed by atoms with van der Waals surface area (Å²) in [6, 6.07) is 21.8. The van der Waals surface area contributed by atoms with E-state index in [-0.39, 0.29) is 17.9 Å². The summed E-state index contributed by atoms with van der Waals surface area (Å²) in [5.74, 6) is -0.602. The molecule has 2 aliphatic heterocycles. The monoisotopic (exact) mass is 395 g/mol. The lowest BCUT2D eigenvalue weighted by molar-refractivity contribution is -0.144. The highest BCUT2D eigenvalue weighted by Gasteiger charge is 2.49. The van der Waals surface area contributed by atoms with Gasteiger partial charge in [-0.1, -0.05) is 42.5 Å². The fourth-order valence-corrected chi connectivity index (χ4v) is 4.68. The van der Waals surface area contributed by atoms with Crippen molar-refractivity contribution in [2.24, 2.45) is 5.92 Å². The van der Waals surface area contributed by atoms with Gasteiger partial charge in [0.25, 0.3) is 0 Å². The average molecular weight is 395 g/mol. The predicted octanol–water partition coefficient (Wildman–Crippen LogP) is 4.44. The summed E-state index contributed by atoms with van der Waals surface area (Å²) < 4.78 is 5.36. The van der Waals surface area contributed by atoms with Crippen LogP contribution in [-0.4, -0.2) is 29.6 Å². The van der Waals surface area contributed by atoms with Crippen molar-refractivity contribution >= 4 is 34.2 Å². The van der Waals surface area contributed by atoms with Crippen molar-refractivity contribution in [2.75, 3.05) is 11.5 Å². The molecule has 5 rings (SSSR count). The van der Waals surface area contributed by atoms with E-state index in [1.165, 1.54) is 0 Å². The maximum absolute atomic E-state index is 12.8. The molecule has 3 aromatic rings. The third-order valence-electron chi connectivity index (χ3n) is 5.96. The van der Waals surface area contributed by atoms with Crippen LogP contribution < -0.4 is 4.90 Å². The number of rotatable bonds is 3. The van der Waals surface area contributed by atoms with E-state index in [9.17, 15) is 10.1 Å². The molecule has 148 valence electrons. The molecule has 3 heterocycles. The highest BCUT2D eigenvalue weighted by Crippen LogP contribution is 2.46. The van der Waals surface area contributed by atoms with Crippen LogP contribution in [0.3, 0.4) is 0 Å². The van der Waals surface area contributed by atoms with Crippen LogP contribution in [-0.2, 0) is 9.53 Å². The molecule has 0 N–H and O–H groups in total. The van der Waals surface area contributed by atoms with Gasteiger partial charge in [-0.15, -0.1) is 0 Å². The van der Waals surface area contributed by atoms with E-state index in [0.717, 1.165) is 33.4 Å². The number of benzene rings is 2. The molecule has 0 aliphatic carbocycles. The highest BCUT2D eigenvalue weighted by atomic mass is 16.5. The zero-order valence-corrected chi connectivity index (χ0v) is 16.7. The van der Waals surface area contributed by atoms with Gasteiger partial charge in [-0.05, 0) is 43.2 Å². The fourth-order valence-electron chi connectivity index (χ4n) is 4.68. The summed E-state index contributed by atoms with van der Waals surface area (Å²) >= 11 is 0. The SMILES string of the molecule is CCOC(=O)C1CC(C#N)C2C(c3ccc4ccccc4n3)=Cc3ccccc3N12. The summed E-state index contributed by atoms with van der Waals surface area (Å²) in [6.45, 7) is 2.13. The van der Waals surface area contributed by atoms with E-state index in [0.29, 0.717) is 13.0 Å². The Labute approximate surface area is 175 Å². The van der Waals surface area contributed by atoms with Gasteiger partial charge in [-0.2, -0.15) is 5.26 Å². The summed E-state index contributed by atoms with van der Waals surface area (Å²) in [5.41, 5.74) is 4.70. The van der Waals surface area contributed by atoms with Crippen LogP contribution in [0.25, 0.3) is 22.6 Å². The van der Waals surface area contributed by atoms with E-state index in [1.807, 2.05) is 54.6 Å². The molecule has 0 saturated carbocycles. The first-order chi connectivity index (χ1) is 14.7. The molecule has 5 heteroatoms. The lowest BCUT2D eigenvalue weighted by Gasteiger charge is -2.37. The molecule has 5 nitrogen and oxygen atoms in total. The smallest absolute Gasteiger partial charge is 0.328 e. The van der Waals surface area contributed by atoms with Crippen molar-refractivity contribution in [2.45, 2.75) is 25.4 Å². The van der Waals surface area contributed by atoms with Crippen LogP contribution >= 0.6 is 0 Å². The number of hydrogen-bond acceptors (Lipinski definition) is 5. The Morgan fingerprint density at radius 3 is 2.80 bits per heavy atom. The molecular formula is C25H21N3O2. The first-order valence-corrected chi connectivity index (χ1v) is 10.2. The lowest BCUT2D eigenvalue weighted by atomic mass is 9.87. The van der Waals surface area contributed by atoms with E-state index in [1.54, 1.807) is 6.92 Å². The van der Waals surface area contributed by atoms with Gasteiger partial charge >= 0.3 is 5.97 Å². The number of aromatic nitrogens is 1. The molecule has 30 heavy (non-hydrogen) atoms. The second-order valence-electron chi connectivity index (χ2n) is 7.64. The minimum atomic E-state index is -0.482. The Bertz CT molecular complexity index is 1210. The lowest BCUT2D eigenvalue weighted by Crippen LogP contribution is -2.44. The number of fused-ring (bicyclic) bond motifs is 4. The summed E-state index contributed by atoms with van der Waals surface area (Å²) in [6.07, 6.45) is 2.56. The molecule has 3 unspecified atom stereocenters. The quantitative estimate of drug-likeness (QED) is 0.614. The molecule has 2 aliphatic rings. The molecule has 1 fully saturated rings. The second kappa shape index (κ2) is 7.31. The molecule has 0 bridgehead atoms. The number of nitrogens with zero attached hydrogens (tertiary/aromatic N) is 3. The van der Waals surface area contributed by atoms with Crippen LogP contribution in [0.4, 0.5) is 5.69 Å². The van der Waals surface area contributed by atoms with E-state index < -0.39 is 6.04 Å². The van der Waals surface area contributed by atoms with Gasteiger partial charge in [0.2, 0.25) is 0 Å². The van der Waals surface area contributed by atoms with Crippen molar-refractivity contribution < 1.29 is 9.53 Å². The van der Waals surface area contributed by atoms with Gasteiger partial charge < -0.3 is 9.64 Å². The maximum atomic E-state index is 12.8. The number of carbonyl (C=O) groups is 1. The molecule has 0 radical (unpaired) electrons. The first-order valence-electron chi connectivity index (χ1n) is 10.2. The number of para-hydroxylation sites is 2. The third kappa shape index (κ3) is 2.84. The van der Waals surface area contributed by atoms with Gasteiger partial charge in [-0.25, -0.2) is 9.78 Å². The largest absolute Gasteiger partial charge is 0.464 e. The maximum Gasteiger partial charge on any atom is 0.328 e. The molecule has 2 aromatic carbocycles. The van der Waals surface area contributed by atoms with Crippen molar-refractivity contribution in [1.29, 1.82) is 5.26 Å². The Hall–Kier alpha value is -3.65. The number of esters is 1. The molecule has 0 spiro atoms. The van der Waals surface area contributed by atoms with Crippen LogP contribution in [0.1, 0.15) is 24.6 Å². The van der Waals surface area contributed by atoms with Crippen molar-refractivity contribution in [1.82, 2.24) is 4.98 Å². The minimum absolute atomic E-state index is 0.243. The molecular weight excluding hydrogens is 374 g/mol. The average Bonchev–Trinajstić information content (AvgIpc) is 3.18. The van der Waals surface area contributed by atoms with Gasteiger partial charge in [0.1, 0.15) is 6.04 Å². The summed E-state index contributed by atoms with van der Waals surface area (Å²) in [7, 11) is 0. The molecule has 1 aromatic heterocycles. The number of nitriles is 1. The number of carbonyl (C=O) groups excluding carboxylic acids is 1. The number of hydrogen-bond donors (Lipinski definition) is 0. The highest BCUT2D eigenvalue weighted by molar-refractivity contribution is 5.97. The normalized spacial score (nSPS) is 22.1. The predicted molar refractivity (Wildman–Crippen MR) is 116 cm³/mol. The molecule has 0 amide bonds. The zero-order chi connectivity index (χ0) is 20.7. The Balaban J connectivity index is 1.68. The summed E-state index contributed by atoms with van der Waals surface area (Å²) in [5, 5.41) is 11.0. The minimum Gasteiger partial charge on any atom is -0.464 e. The van der Waals surface area contributed by atoms with Crippen LogP contribution in [0.15, 0.2) is 60.7 Å². The Kier molecular flexibility index (Phi) is 4.48. The second-order valence-corrected chi connectivity index (χ2v) is 7.64. The van der Waals surface area contributed by atoms with Crippen molar-refractivity contribution in [3.8, 4) is 6.07 Å². The standard InChI is InChI=1S/C25H21N3O2/c1-2-30-25(29)23-14-18(15-26)24-19(13-17-8-4-6-10-22(17)28(23)24)21-12-11-16-7-3-5-9-20(16)27-21/h3-13,18,23-24H,2,14H2,1H3. The van der Waals surface area contributed by atoms with E-state index in [2.05, 4.69) is 23.1 Å². The molecule has 3 atom stereocenters. The van der Waals surface area contributed by atoms with Crippen LogP contribution in [0.2, 0.25) is 0 Å². The summed E-state index contributed by atoms with van der Waals surface area (Å²) in [4.78, 5) is 19.7. The number of pyridine rings is 1. The van der Waals surface area contributed by atoms with E-state index >= 15 is 0 Å². The number of anilines is 1. The van der Waals surface area contributed by atoms with Crippen LogP contribution in [0.5, 0.6) is 0 Å². The van der Waals surface area contributed by atoms with E-state index in [4.69, 9.17) is 9.72 Å². The van der Waals surface area contributed by atoms with Crippen molar-refractivity contribution in [3.05, 3.63) is 71.9 Å². The van der Waals surface area contributed by atoms with Crippen molar-refractivity contribution in [3.63, 3.8) is 0 Å². The fraction of sp³-hybridized carbons (Fsp3) is 0.240. The Morgan fingerprint density at radius 2 is 1.97 bits per heavy atom. The first kappa shape index (κ1) is 18.4. The number of ether oxygens (including phenoxy) is 1. The topological polar surface area (TPSA) is 66.2 Å². The van der Waals surface area contributed by atoms with Gasteiger partial charge in [0.05, 0.1) is 35.8 Å².